The van der Waals surface area contributed by atoms with E-state index in [0.717, 1.165) is 32.5 Å². The number of hydroxylamine groups is 2. The maximum Gasteiger partial charge on any atom is 0.427 e. The number of anilines is 1. The molecule has 2 fully saturated rings. The van der Waals surface area contributed by atoms with Crippen LogP contribution in [0, 0.1) is 6.92 Å². The maximum atomic E-state index is 15.2. The highest BCUT2D eigenvalue weighted by atomic mass is 35.5. The molecular weight excluding hydrogens is 712 g/mol. The van der Waals surface area contributed by atoms with E-state index in [1.807, 2.05) is 0 Å². The molecule has 3 aliphatic rings. The lowest BCUT2D eigenvalue weighted by molar-refractivity contribution is -0.134. The number of nitrogens with one attached hydrogen (secondary N) is 1. The van der Waals surface area contributed by atoms with Gasteiger partial charge in [-0.05, 0) is 88.3 Å². The van der Waals surface area contributed by atoms with Crippen molar-refractivity contribution in [1.82, 2.24) is 25.2 Å². The highest BCUT2D eigenvalue weighted by Crippen LogP contribution is 2.50. The van der Waals surface area contributed by atoms with Gasteiger partial charge >= 0.3 is 6.09 Å². The van der Waals surface area contributed by atoms with Gasteiger partial charge in [0.2, 0.25) is 5.88 Å². The predicted molar refractivity (Wildman–Crippen MR) is 194 cm³/mol. The van der Waals surface area contributed by atoms with Crippen LogP contribution in [0.15, 0.2) is 53.6 Å². The molecule has 0 aliphatic carbocycles. The Morgan fingerprint density at radius 3 is 2.37 bits per heavy atom. The standard InChI is InChI=1S/C36H45ClN6O8S/c1-6-40-14-12-26(13-15-40)41-16-18-42(19-17-41)51-35(45)39-36(29-20-24(3)23-38-33(29)50-7-2)28-21-25(37)8-10-30(28)43(34(36)44)52(46,47)32-11-9-27(48-4)22-31(32)49-5/h8-11,20-23,26H,6-7,12-19H2,1-5H3,(H,39,45). The number of likely N-dealkylation sites (tertiary alicyclic amines) is 1. The Morgan fingerprint density at radius 1 is 0.981 bits per heavy atom. The summed E-state index contributed by atoms with van der Waals surface area (Å²) in [5, 5.41) is 4.56. The van der Waals surface area contributed by atoms with Gasteiger partial charge in [0.05, 0.1) is 32.1 Å². The van der Waals surface area contributed by atoms with Crippen LogP contribution < -0.4 is 23.8 Å². The maximum absolute atomic E-state index is 15.2. The van der Waals surface area contributed by atoms with E-state index in [9.17, 15) is 13.2 Å². The third-order valence-electron chi connectivity index (χ3n) is 9.94. The number of aromatic nitrogens is 1. The number of hydrogen-bond donors (Lipinski definition) is 1. The van der Waals surface area contributed by atoms with Crippen molar-refractivity contribution in [1.29, 1.82) is 0 Å². The molecule has 0 bridgehead atoms. The van der Waals surface area contributed by atoms with Gasteiger partial charge in [-0.1, -0.05) is 18.5 Å². The Balaban J connectivity index is 1.38. The zero-order valence-electron chi connectivity index (χ0n) is 30.1. The van der Waals surface area contributed by atoms with E-state index in [1.54, 1.807) is 31.2 Å². The lowest BCUT2D eigenvalue weighted by atomic mass is 9.83. The van der Waals surface area contributed by atoms with Gasteiger partial charge in [0, 0.05) is 55.1 Å². The topological polar surface area (TPSA) is 143 Å². The molecule has 3 aliphatic heterocycles. The summed E-state index contributed by atoms with van der Waals surface area (Å²) in [4.78, 5) is 44.1. The van der Waals surface area contributed by atoms with Gasteiger partial charge in [0.15, 0.2) is 5.54 Å². The Morgan fingerprint density at radius 2 is 1.71 bits per heavy atom. The summed E-state index contributed by atoms with van der Waals surface area (Å²) < 4.78 is 46.5. The number of fused-ring (bicyclic) bond motifs is 1. The van der Waals surface area contributed by atoms with Crippen LogP contribution in [0.25, 0.3) is 0 Å². The molecule has 1 unspecified atom stereocenters. The number of sulfonamides is 1. The quantitative estimate of drug-likeness (QED) is 0.300. The minimum absolute atomic E-state index is 0.0247. The number of rotatable bonds is 11. The molecule has 2 aromatic carbocycles. The average Bonchev–Trinajstić information content (AvgIpc) is 3.39. The number of nitrogens with zero attached hydrogens (tertiary/aromatic N) is 5. The second-order valence-corrected chi connectivity index (χ2v) is 15.1. The van der Waals surface area contributed by atoms with Crippen molar-refractivity contribution in [3.05, 3.63) is 70.4 Å². The van der Waals surface area contributed by atoms with Gasteiger partial charge in [-0.2, -0.15) is 4.31 Å². The third-order valence-corrected chi connectivity index (χ3v) is 11.9. The number of piperazine rings is 1. The molecule has 3 aromatic rings. The van der Waals surface area contributed by atoms with E-state index >= 15 is 4.79 Å². The Bertz CT molecular complexity index is 1920. The van der Waals surface area contributed by atoms with E-state index < -0.39 is 27.6 Å². The molecule has 0 radical (unpaired) electrons. The first kappa shape index (κ1) is 37.6. The van der Waals surface area contributed by atoms with Crippen molar-refractivity contribution in [3.8, 4) is 17.4 Å². The van der Waals surface area contributed by atoms with Gasteiger partial charge in [-0.3, -0.25) is 15.0 Å². The Kier molecular flexibility index (Phi) is 11.2. The number of halogens is 1. The minimum Gasteiger partial charge on any atom is -0.497 e. The number of hydrogen-bond acceptors (Lipinski definition) is 12. The number of piperidine rings is 1. The van der Waals surface area contributed by atoms with E-state index in [2.05, 4.69) is 27.0 Å². The monoisotopic (exact) mass is 756 g/mol. The fourth-order valence-corrected chi connectivity index (χ4v) is 9.05. The molecule has 1 aromatic heterocycles. The fourth-order valence-electron chi connectivity index (χ4n) is 7.27. The van der Waals surface area contributed by atoms with Gasteiger partial charge in [0.1, 0.15) is 16.4 Å². The molecule has 2 amide bonds. The van der Waals surface area contributed by atoms with Gasteiger partial charge < -0.3 is 23.9 Å². The zero-order valence-corrected chi connectivity index (χ0v) is 31.6. The van der Waals surface area contributed by atoms with Crippen molar-refractivity contribution in [2.75, 3.05) is 70.9 Å². The van der Waals surface area contributed by atoms with E-state index in [1.165, 1.54) is 50.6 Å². The molecule has 14 nitrogen and oxygen atoms in total. The van der Waals surface area contributed by atoms with Crippen molar-refractivity contribution >= 4 is 39.3 Å². The molecule has 2 saturated heterocycles. The highest BCUT2D eigenvalue weighted by molar-refractivity contribution is 7.93. The Labute approximate surface area is 309 Å². The molecule has 0 saturated carbocycles. The van der Waals surface area contributed by atoms with Gasteiger partial charge in [0.25, 0.3) is 15.9 Å². The molecule has 1 N–H and O–H groups in total. The zero-order chi connectivity index (χ0) is 37.2. The SMILES string of the molecule is CCOc1ncc(C)cc1C1(NC(=O)ON2CCN(C3CCN(CC)CC3)CC2)C(=O)N(S(=O)(=O)c2ccc(OC)cc2OC)c2ccc(Cl)cc21. The summed E-state index contributed by atoms with van der Waals surface area (Å²) in [6.07, 6.45) is 2.78. The molecule has 280 valence electrons. The van der Waals surface area contributed by atoms with E-state index in [0.29, 0.717) is 47.8 Å². The van der Waals surface area contributed by atoms with Crippen LogP contribution in [-0.2, 0) is 25.2 Å². The number of amides is 2. The first-order valence-electron chi connectivity index (χ1n) is 17.4. The van der Waals surface area contributed by atoms with Crippen LogP contribution in [0.3, 0.4) is 0 Å². The molecule has 52 heavy (non-hydrogen) atoms. The van der Waals surface area contributed by atoms with Crippen molar-refractivity contribution in [2.24, 2.45) is 0 Å². The summed E-state index contributed by atoms with van der Waals surface area (Å²) >= 11 is 6.54. The first-order valence-corrected chi connectivity index (χ1v) is 19.2. The minimum atomic E-state index is -4.69. The van der Waals surface area contributed by atoms with Crippen LogP contribution in [-0.4, -0.2) is 113 Å². The smallest absolute Gasteiger partial charge is 0.427 e. The number of carbonyl (C=O) groups is 2. The summed E-state index contributed by atoms with van der Waals surface area (Å²) in [6.45, 7) is 11.4. The molecular formula is C36H45ClN6O8S. The van der Waals surface area contributed by atoms with Crippen molar-refractivity contribution in [2.45, 2.75) is 50.1 Å². The van der Waals surface area contributed by atoms with Crippen LogP contribution in [0.5, 0.6) is 17.4 Å². The number of ether oxygens (including phenoxy) is 3. The van der Waals surface area contributed by atoms with E-state index in [-0.39, 0.29) is 45.0 Å². The van der Waals surface area contributed by atoms with Gasteiger partial charge in [-0.15, -0.1) is 5.06 Å². The lowest BCUT2D eigenvalue weighted by Crippen LogP contribution is -2.57. The third kappa shape index (κ3) is 6.99. The van der Waals surface area contributed by atoms with Crippen LogP contribution >= 0.6 is 11.6 Å². The van der Waals surface area contributed by atoms with E-state index in [4.69, 9.17) is 30.6 Å². The summed E-state index contributed by atoms with van der Waals surface area (Å²) in [6, 6.07) is 10.6. The lowest BCUT2D eigenvalue weighted by Gasteiger charge is -2.42. The number of methoxy groups -OCH3 is 2. The normalized spacial score (nSPS) is 20.4. The van der Waals surface area contributed by atoms with Gasteiger partial charge in [-0.25, -0.2) is 18.2 Å². The van der Waals surface area contributed by atoms with Crippen LogP contribution in [0.4, 0.5) is 10.5 Å². The fraction of sp³-hybridized carbons (Fsp3) is 0.472. The second kappa shape index (κ2) is 15.4. The number of benzene rings is 2. The van der Waals surface area contributed by atoms with Crippen LogP contribution in [0.1, 0.15) is 43.4 Å². The van der Waals surface area contributed by atoms with Crippen LogP contribution in [0.2, 0.25) is 5.02 Å². The first-order chi connectivity index (χ1) is 25.0. The molecule has 0 spiro atoms. The molecule has 1 atom stereocenters. The summed E-state index contributed by atoms with van der Waals surface area (Å²) in [7, 11) is -1.94. The Hall–Kier alpha value is -4.15. The molecule has 6 rings (SSSR count). The summed E-state index contributed by atoms with van der Waals surface area (Å²) in [5.41, 5.74) is -1.39. The molecule has 16 heteroatoms. The number of aryl methyl sites for hydroxylation is 1. The van der Waals surface area contributed by atoms with Crippen molar-refractivity contribution in [3.63, 3.8) is 0 Å². The average molecular weight is 757 g/mol. The highest BCUT2D eigenvalue weighted by Gasteiger charge is 2.59. The molecule has 4 heterocycles. The van der Waals surface area contributed by atoms with Crippen molar-refractivity contribution < 1.29 is 37.1 Å². The predicted octanol–water partition coefficient (Wildman–Crippen LogP) is 4.18. The second-order valence-electron chi connectivity index (χ2n) is 12.9. The number of carbonyl (C=O) groups excluding carboxylic acids is 2. The summed E-state index contributed by atoms with van der Waals surface area (Å²) in [5.74, 6) is -0.688. The number of pyridine rings is 1. The largest absolute Gasteiger partial charge is 0.497 e.